The molecule has 0 saturated heterocycles. The molecule has 0 aliphatic heterocycles. The molecule has 0 amide bonds. The molecule has 1 aromatic carbocycles. The number of pyridine rings is 1. The van der Waals surface area contributed by atoms with Gasteiger partial charge in [-0.15, -0.1) is 0 Å². The van der Waals surface area contributed by atoms with Crippen molar-refractivity contribution in [1.29, 1.82) is 0 Å². The van der Waals surface area contributed by atoms with Gasteiger partial charge in [-0.1, -0.05) is 26.3 Å². The first-order valence-corrected chi connectivity index (χ1v) is 10.1. The number of H-pyrrole nitrogens is 1. The van der Waals surface area contributed by atoms with Crippen LogP contribution in [-0.2, 0) is 4.79 Å². The van der Waals surface area contributed by atoms with Crippen molar-refractivity contribution >= 4 is 16.7 Å². The van der Waals surface area contributed by atoms with Gasteiger partial charge in [-0.05, 0) is 68.0 Å². The third-order valence-electron chi connectivity index (χ3n) is 5.77. The van der Waals surface area contributed by atoms with E-state index in [2.05, 4.69) is 54.1 Å². The van der Waals surface area contributed by atoms with E-state index >= 15 is 0 Å². The van der Waals surface area contributed by atoms with Gasteiger partial charge in [-0.2, -0.15) is 0 Å². The molecule has 1 unspecified atom stereocenters. The van der Waals surface area contributed by atoms with Crippen LogP contribution in [-0.4, -0.2) is 15.8 Å². The molecule has 3 heteroatoms. The Morgan fingerprint density at radius 1 is 1.07 bits per heavy atom. The van der Waals surface area contributed by atoms with E-state index in [0.717, 1.165) is 42.6 Å². The van der Waals surface area contributed by atoms with Crippen molar-refractivity contribution in [2.24, 2.45) is 0 Å². The lowest BCUT2D eigenvalue weighted by Crippen LogP contribution is -2.16. The molecule has 0 radical (unpaired) electrons. The number of nitrogens with one attached hydrogen (secondary N) is 1. The minimum Gasteiger partial charge on any atom is -0.354 e. The van der Waals surface area contributed by atoms with Crippen LogP contribution in [0, 0.1) is 13.8 Å². The quantitative estimate of drug-likeness (QED) is 0.604. The van der Waals surface area contributed by atoms with E-state index in [1.54, 1.807) is 0 Å². The zero-order valence-electron chi connectivity index (χ0n) is 16.7. The monoisotopic (exact) mass is 360 g/mol. The van der Waals surface area contributed by atoms with Gasteiger partial charge < -0.3 is 4.98 Å². The van der Waals surface area contributed by atoms with Crippen LogP contribution in [0.1, 0.15) is 73.9 Å². The summed E-state index contributed by atoms with van der Waals surface area (Å²) >= 11 is 0. The summed E-state index contributed by atoms with van der Waals surface area (Å²) in [4.78, 5) is 20.6. The molecule has 3 aromatic rings. The van der Waals surface area contributed by atoms with Gasteiger partial charge in [0.1, 0.15) is 5.78 Å². The maximum absolute atomic E-state index is 12.4. The molecule has 0 spiro atoms. The van der Waals surface area contributed by atoms with Gasteiger partial charge in [0.2, 0.25) is 0 Å². The number of hydrogen-bond donors (Lipinski definition) is 1. The van der Waals surface area contributed by atoms with E-state index in [1.807, 2.05) is 13.8 Å². The topological polar surface area (TPSA) is 45.8 Å². The molecule has 4 rings (SSSR count). The number of aromatic nitrogens is 2. The summed E-state index contributed by atoms with van der Waals surface area (Å²) in [5.74, 6) is 0.870. The van der Waals surface area contributed by atoms with Crippen molar-refractivity contribution in [1.82, 2.24) is 9.97 Å². The molecule has 2 heterocycles. The number of rotatable bonds is 3. The highest BCUT2D eigenvalue weighted by Crippen LogP contribution is 2.38. The van der Waals surface area contributed by atoms with E-state index in [9.17, 15) is 4.79 Å². The number of Topliss-reactive ketones (excluding diaryl/α,β-unsaturated/α-hetero) is 1. The van der Waals surface area contributed by atoms with Gasteiger partial charge >= 0.3 is 0 Å². The largest absolute Gasteiger partial charge is 0.354 e. The highest BCUT2D eigenvalue weighted by molar-refractivity contribution is 5.94. The molecule has 27 heavy (non-hydrogen) atoms. The van der Waals surface area contributed by atoms with Crippen LogP contribution >= 0.6 is 0 Å². The van der Waals surface area contributed by atoms with Gasteiger partial charge in [-0.3, -0.25) is 9.78 Å². The number of aromatic amines is 1. The number of carbonyl (C=O) groups excluding carboxylic acids is 1. The zero-order valence-corrected chi connectivity index (χ0v) is 16.7. The molecule has 1 fully saturated rings. The molecular formula is C24H28N2O. The summed E-state index contributed by atoms with van der Waals surface area (Å²) in [6, 6.07) is 10.9. The normalized spacial score (nSPS) is 17.8. The highest BCUT2D eigenvalue weighted by atomic mass is 16.1. The van der Waals surface area contributed by atoms with Crippen molar-refractivity contribution in [3.05, 3.63) is 52.8 Å². The number of carbonyl (C=O) groups is 1. The number of aryl methyl sites for hydroxylation is 2. The Kier molecular flexibility index (Phi) is 4.63. The first-order chi connectivity index (χ1) is 12.9. The fourth-order valence-electron chi connectivity index (χ4n) is 4.59. The van der Waals surface area contributed by atoms with Gasteiger partial charge in [-0.25, -0.2) is 0 Å². The van der Waals surface area contributed by atoms with E-state index < -0.39 is 0 Å². The third kappa shape index (κ3) is 3.31. The fraction of sp³-hybridized carbons (Fsp3) is 0.417. The first kappa shape index (κ1) is 18.0. The zero-order chi connectivity index (χ0) is 19.1. The van der Waals surface area contributed by atoms with Crippen molar-refractivity contribution in [2.75, 3.05) is 0 Å². The van der Waals surface area contributed by atoms with Gasteiger partial charge in [0.15, 0.2) is 0 Å². The Morgan fingerprint density at radius 3 is 2.48 bits per heavy atom. The van der Waals surface area contributed by atoms with Crippen molar-refractivity contribution < 1.29 is 4.79 Å². The lowest BCUT2D eigenvalue weighted by molar-refractivity contribution is -0.121. The Bertz CT molecular complexity index is 992. The second kappa shape index (κ2) is 6.95. The molecule has 140 valence electrons. The van der Waals surface area contributed by atoms with Crippen LogP contribution in [0.25, 0.3) is 22.2 Å². The van der Waals surface area contributed by atoms with Crippen LogP contribution in [0.4, 0.5) is 0 Å². The van der Waals surface area contributed by atoms with Crippen molar-refractivity contribution in [3.8, 4) is 11.3 Å². The molecule has 1 saturated carbocycles. The average Bonchev–Trinajstić information content (AvgIpc) is 3.00. The maximum Gasteiger partial charge on any atom is 0.140 e. The molecular weight excluding hydrogens is 332 g/mol. The number of hydrogen-bond acceptors (Lipinski definition) is 2. The summed E-state index contributed by atoms with van der Waals surface area (Å²) in [5, 5.41) is 1.25. The summed E-state index contributed by atoms with van der Waals surface area (Å²) in [7, 11) is 0. The second-order valence-corrected chi connectivity index (χ2v) is 8.28. The van der Waals surface area contributed by atoms with Gasteiger partial charge in [0, 0.05) is 40.2 Å². The number of benzene rings is 1. The van der Waals surface area contributed by atoms with Crippen LogP contribution in [0.2, 0.25) is 0 Å². The Balaban J connectivity index is 1.88. The SMILES string of the molecule is Cc1cc(-c2[nH]c3ccc(C4CCCCC4=O)cc3c2C(C)C)cc(C)n1. The standard InChI is InChI=1S/C24H28N2O/c1-14(2)23-20-13-17(19-7-5-6-8-22(19)27)9-10-21(20)26-24(23)18-11-15(3)25-16(4)12-18/h9-14,19,26H,5-8H2,1-4H3. The predicted molar refractivity (Wildman–Crippen MR) is 111 cm³/mol. The first-order valence-electron chi connectivity index (χ1n) is 10.1. The average molecular weight is 361 g/mol. The number of nitrogens with zero attached hydrogens (tertiary/aromatic N) is 1. The third-order valence-corrected chi connectivity index (χ3v) is 5.77. The Labute approximate surface area is 161 Å². The summed E-state index contributed by atoms with van der Waals surface area (Å²) in [5.41, 5.74) is 8.10. The minimum atomic E-state index is 0.0759. The number of ketones is 1. The Hall–Kier alpha value is -2.42. The summed E-state index contributed by atoms with van der Waals surface area (Å²) in [6.45, 7) is 8.57. The molecule has 2 aromatic heterocycles. The van der Waals surface area contributed by atoms with Crippen LogP contribution in [0.15, 0.2) is 30.3 Å². The summed E-state index contributed by atoms with van der Waals surface area (Å²) < 4.78 is 0. The van der Waals surface area contributed by atoms with Gasteiger partial charge in [0.05, 0.1) is 5.69 Å². The smallest absolute Gasteiger partial charge is 0.140 e. The van der Waals surface area contributed by atoms with Crippen molar-refractivity contribution in [2.45, 2.75) is 65.2 Å². The highest BCUT2D eigenvalue weighted by Gasteiger charge is 2.25. The van der Waals surface area contributed by atoms with E-state index in [1.165, 1.54) is 27.8 Å². The van der Waals surface area contributed by atoms with Crippen LogP contribution in [0.3, 0.4) is 0 Å². The van der Waals surface area contributed by atoms with Crippen LogP contribution < -0.4 is 0 Å². The molecule has 1 atom stereocenters. The number of fused-ring (bicyclic) bond motifs is 1. The molecule has 1 aliphatic carbocycles. The molecule has 1 N–H and O–H groups in total. The summed E-state index contributed by atoms with van der Waals surface area (Å²) in [6.07, 6.45) is 3.92. The van der Waals surface area contributed by atoms with Crippen LogP contribution in [0.5, 0.6) is 0 Å². The second-order valence-electron chi connectivity index (χ2n) is 8.28. The Morgan fingerprint density at radius 2 is 1.81 bits per heavy atom. The van der Waals surface area contributed by atoms with Gasteiger partial charge in [0.25, 0.3) is 0 Å². The lowest BCUT2D eigenvalue weighted by atomic mass is 9.82. The lowest BCUT2D eigenvalue weighted by Gasteiger charge is -2.21. The molecule has 0 bridgehead atoms. The van der Waals surface area contributed by atoms with E-state index in [4.69, 9.17) is 0 Å². The van der Waals surface area contributed by atoms with E-state index in [0.29, 0.717) is 11.7 Å². The predicted octanol–water partition coefficient (Wildman–Crippen LogP) is 6.20. The minimum absolute atomic E-state index is 0.0759. The van der Waals surface area contributed by atoms with E-state index in [-0.39, 0.29) is 5.92 Å². The molecule has 1 aliphatic rings. The fourth-order valence-corrected chi connectivity index (χ4v) is 4.59. The maximum atomic E-state index is 12.4. The molecule has 3 nitrogen and oxygen atoms in total. The van der Waals surface area contributed by atoms with Crippen molar-refractivity contribution in [3.63, 3.8) is 0 Å².